The SMILES string of the molecule is O=C([O-])CCN(CCC(=O)[O-])c1ccc(NC(=O)c2cccc(-n3cnnc3[S-])c2)cc1.[K+].[K+].[K+]. The van der Waals surface area contributed by atoms with Gasteiger partial charge in [-0.3, -0.25) is 4.79 Å². The molecule has 0 bridgehead atoms. The Morgan fingerprint density at radius 2 is 1.54 bits per heavy atom. The van der Waals surface area contributed by atoms with Crippen LogP contribution < -0.4 is 175 Å². The molecule has 0 unspecified atom stereocenters. The van der Waals surface area contributed by atoms with Gasteiger partial charge in [0.05, 0.1) is 0 Å². The Bertz CT molecular complexity index is 1110. The Morgan fingerprint density at radius 1 is 0.943 bits per heavy atom. The maximum absolute atomic E-state index is 12.7. The van der Waals surface area contributed by atoms with Crippen LogP contribution in [0.4, 0.5) is 11.4 Å². The largest absolute Gasteiger partial charge is 1.00 e. The second-order valence-electron chi connectivity index (χ2n) is 6.77. The summed E-state index contributed by atoms with van der Waals surface area (Å²) in [7, 11) is 0. The molecule has 0 aliphatic rings. The summed E-state index contributed by atoms with van der Waals surface area (Å²) < 4.78 is 1.58. The second kappa shape index (κ2) is 18.2. The quantitative estimate of drug-likeness (QED) is 0.186. The summed E-state index contributed by atoms with van der Waals surface area (Å²) in [6.45, 7) is 0.171. The summed E-state index contributed by atoms with van der Waals surface area (Å²) >= 11 is 5.09. The van der Waals surface area contributed by atoms with Crippen LogP contribution in [0.3, 0.4) is 0 Å². The van der Waals surface area contributed by atoms with E-state index >= 15 is 0 Å². The zero-order valence-corrected chi connectivity index (χ0v) is 29.9. The number of carbonyl (C=O) groups excluding carboxylic acids is 3. The van der Waals surface area contributed by atoms with Gasteiger partial charge in [-0.25, -0.2) is 0 Å². The predicted octanol–water partition coefficient (Wildman–Crippen LogP) is -9.48. The first-order valence-corrected chi connectivity index (χ1v) is 9.98. The first kappa shape index (κ1) is 35.9. The number of nitrogens with zero attached hydrogens (tertiary/aromatic N) is 4. The number of carboxylic acid groups (broad SMARTS) is 2. The third-order valence-electron chi connectivity index (χ3n) is 4.56. The smallest absolute Gasteiger partial charge is 0.740 e. The van der Waals surface area contributed by atoms with E-state index in [1.54, 1.807) is 58.0 Å². The maximum Gasteiger partial charge on any atom is 1.00 e. The van der Waals surface area contributed by atoms with Crippen LogP contribution >= 0.6 is 0 Å². The van der Waals surface area contributed by atoms with Gasteiger partial charge in [0.2, 0.25) is 0 Å². The van der Waals surface area contributed by atoms with Crippen LogP contribution in [-0.2, 0) is 22.2 Å². The summed E-state index contributed by atoms with van der Waals surface area (Å²) in [4.78, 5) is 35.8. The zero-order valence-electron chi connectivity index (χ0n) is 19.8. The summed E-state index contributed by atoms with van der Waals surface area (Å²) in [5, 5.41) is 32.1. The minimum atomic E-state index is -1.23. The predicted molar refractivity (Wildman–Crippen MR) is 113 cm³/mol. The van der Waals surface area contributed by atoms with Gasteiger partial charge in [0.1, 0.15) is 6.33 Å². The van der Waals surface area contributed by atoms with Gasteiger partial charge in [-0.15, -0.1) is 5.10 Å². The van der Waals surface area contributed by atoms with Crippen molar-refractivity contribution < 1.29 is 179 Å². The van der Waals surface area contributed by atoms with Crippen LogP contribution in [0.1, 0.15) is 23.2 Å². The minimum absolute atomic E-state index is 0. The van der Waals surface area contributed by atoms with Crippen molar-refractivity contribution in [1.82, 2.24) is 14.8 Å². The number of nitrogens with one attached hydrogen (secondary N) is 1. The Balaban J connectivity index is 0.00000385. The second-order valence-corrected chi connectivity index (χ2v) is 7.13. The molecular weight excluding hydrogens is 552 g/mol. The number of rotatable bonds is 10. The van der Waals surface area contributed by atoms with E-state index in [0.717, 1.165) is 0 Å². The Hall–Kier alpha value is 0.919. The number of hydrogen-bond donors (Lipinski definition) is 1. The average molecular weight is 570 g/mol. The van der Waals surface area contributed by atoms with E-state index < -0.39 is 11.9 Å². The molecule has 3 rings (SSSR count). The molecule has 1 amide bonds. The van der Waals surface area contributed by atoms with E-state index in [2.05, 4.69) is 15.5 Å². The van der Waals surface area contributed by atoms with Gasteiger partial charge in [-0.1, -0.05) is 6.07 Å². The van der Waals surface area contributed by atoms with Crippen molar-refractivity contribution in [2.75, 3.05) is 23.3 Å². The first-order valence-electron chi connectivity index (χ1n) is 9.57. The third-order valence-corrected chi connectivity index (χ3v) is 4.84. The van der Waals surface area contributed by atoms with Crippen molar-refractivity contribution >= 4 is 41.8 Å². The van der Waals surface area contributed by atoms with Crippen molar-refractivity contribution in [1.29, 1.82) is 0 Å². The summed E-state index contributed by atoms with van der Waals surface area (Å²) in [6, 6.07) is 13.4. The van der Waals surface area contributed by atoms with Crippen molar-refractivity contribution in [2.24, 2.45) is 0 Å². The molecule has 1 N–H and O–H groups in total. The van der Waals surface area contributed by atoms with Gasteiger partial charge >= 0.3 is 154 Å². The van der Waals surface area contributed by atoms with Gasteiger partial charge in [0.15, 0.2) is 0 Å². The Kier molecular flexibility index (Phi) is 18.7. The molecular formula is C21H18K3N5O5S. The van der Waals surface area contributed by atoms with Crippen LogP contribution in [-0.4, -0.2) is 45.7 Å². The summed E-state index contributed by atoms with van der Waals surface area (Å²) in [5.41, 5.74) is 2.17. The third kappa shape index (κ3) is 11.7. The van der Waals surface area contributed by atoms with E-state index in [-0.39, 0.29) is 191 Å². The van der Waals surface area contributed by atoms with E-state index in [1.807, 2.05) is 0 Å². The number of carboxylic acids is 2. The first-order chi connectivity index (χ1) is 15.3. The molecule has 0 saturated heterocycles. The molecule has 0 atom stereocenters. The average Bonchev–Trinajstić information content (AvgIpc) is 3.20. The van der Waals surface area contributed by atoms with E-state index in [0.29, 0.717) is 22.6 Å². The molecule has 3 aromatic rings. The van der Waals surface area contributed by atoms with Crippen molar-refractivity contribution in [3.05, 3.63) is 60.4 Å². The fourth-order valence-corrected chi connectivity index (χ4v) is 3.18. The van der Waals surface area contributed by atoms with Gasteiger partial charge in [0.25, 0.3) is 5.91 Å². The monoisotopic (exact) mass is 569 g/mol. The molecule has 0 spiro atoms. The van der Waals surface area contributed by atoms with Gasteiger partial charge in [0, 0.05) is 65.7 Å². The van der Waals surface area contributed by atoms with E-state index in [9.17, 15) is 24.6 Å². The van der Waals surface area contributed by atoms with Crippen LogP contribution in [0.5, 0.6) is 0 Å². The van der Waals surface area contributed by atoms with Crippen LogP contribution in [0, 0.1) is 0 Å². The molecule has 0 aliphatic carbocycles. The number of amides is 1. The molecule has 0 fully saturated rings. The van der Waals surface area contributed by atoms with Gasteiger partial charge in [-0.2, -0.15) is 5.10 Å². The number of aromatic nitrogens is 3. The molecule has 0 radical (unpaired) electrons. The molecule has 166 valence electrons. The van der Waals surface area contributed by atoms with Gasteiger partial charge in [-0.05, 0) is 42.5 Å². The normalized spacial score (nSPS) is 9.60. The van der Waals surface area contributed by atoms with Crippen molar-refractivity contribution in [2.45, 2.75) is 18.0 Å². The maximum atomic E-state index is 12.7. The van der Waals surface area contributed by atoms with E-state index in [1.165, 1.54) is 6.33 Å². The fraction of sp³-hybridized carbons (Fsp3) is 0.190. The summed E-state index contributed by atoms with van der Waals surface area (Å²) in [6.07, 6.45) is 0.964. The van der Waals surface area contributed by atoms with E-state index in [4.69, 9.17) is 12.6 Å². The Morgan fingerprint density at radius 3 is 2.06 bits per heavy atom. The van der Waals surface area contributed by atoms with Gasteiger partial charge < -0.3 is 47.2 Å². The molecule has 10 nitrogen and oxygen atoms in total. The number of aliphatic carboxylic acids is 2. The molecule has 1 heterocycles. The number of benzene rings is 2. The zero-order chi connectivity index (χ0) is 23.1. The number of anilines is 2. The molecule has 2 aromatic carbocycles. The Labute approximate surface area is 335 Å². The molecule has 0 saturated carbocycles. The fourth-order valence-electron chi connectivity index (χ4n) is 2.98. The minimum Gasteiger partial charge on any atom is -0.740 e. The van der Waals surface area contributed by atoms with Crippen LogP contribution in [0.2, 0.25) is 0 Å². The molecule has 1 aromatic heterocycles. The molecule has 14 heteroatoms. The van der Waals surface area contributed by atoms with Crippen molar-refractivity contribution in [3.8, 4) is 5.69 Å². The number of carbonyl (C=O) groups is 3. The van der Waals surface area contributed by atoms with Crippen LogP contribution in [0.25, 0.3) is 5.69 Å². The summed E-state index contributed by atoms with van der Waals surface area (Å²) in [5.74, 6) is -2.81. The molecule has 0 aliphatic heterocycles. The standard InChI is InChI=1S/C21H21N5O5S.3K/c27-18(28)8-10-25(11-9-19(29)30)16-6-4-15(5-7-16)23-20(31)14-2-1-3-17(12-14)26-13-22-24-21(26)32;;;/h1-7,12-13H,8-11H2,(H,23,31)(H,24,32)(H,27,28)(H,29,30);;;/q;3*+1/p-3. The number of hydrogen-bond acceptors (Lipinski definition) is 9. The topological polar surface area (TPSA) is 143 Å². The van der Waals surface area contributed by atoms with Crippen molar-refractivity contribution in [3.63, 3.8) is 0 Å². The molecule has 35 heavy (non-hydrogen) atoms. The van der Waals surface area contributed by atoms with Crippen LogP contribution in [0.15, 0.2) is 60.0 Å².